The van der Waals surface area contributed by atoms with E-state index in [-0.39, 0.29) is 5.69 Å². The molecule has 14 heavy (non-hydrogen) atoms. The Kier molecular flexibility index (Phi) is 5.15. The lowest BCUT2D eigenvalue weighted by Crippen LogP contribution is -2.21. The van der Waals surface area contributed by atoms with E-state index < -0.39 is 6.10 Å². The summed E-state index contributed by atoms with van der Waals surface area (Å²) < 4.78 is 2.70. The highest BCUT2D eigenvalue weighted by Gasteiger charge is 2.08. The van der Waals surface area contributed by atoms with E-state index in [2.05, 4.69) is 5.10 Å². The lowest BCUT2D eigenvalue weighted by Gasteiger charge is -2.00. The second-order valence-electron chi connectivity index (χ2n) is 2.93. The molecule has 1 atom stereocenters. The first-order chi connectivity index (χ1) is 6.52. The van der Waals surface area contributed by atoms with Crippen LogP contribution in [0.5, 0.6) is 0 Å². The summed E-state index contributed by atoms with van der Waals surface area (Å²) in [5.74, 6) is 0.609. The van der Waals surface area contributed by atoms with Gasteiger partial charge >= 0.3 is 5.69 Å². The molecule has 82 valence electrons. The second-order valence-corrected chi connectivity index (χ2v) is 2.93. The molecule has 0 aliphatic carbocycles. The lowest BCUT2D eigenvalue weighted by atomic mass is 10.3. The maximum Gasteiger partial charge on any atom is 0.345 e. The predicted molar refractivity (Wildman–Crippen MR) is 55.2 cm³/mol. The molecule has 0 amide bonds. The van der Waals surface area contributed by atoms with Gasteiger partial charge in [-0.15, -0.1) is 0 Å². The topological polar surface area (TPSA) is 60.1 Å². The molecule has 0 saturated heterocycles. The molecule has 0 fully saturated rings. The number of hydrogen-bond acceptors (Lipinski definition) is 3. The average Bonchev–Trinajstić information content (AvgIpc) is 2.36. The fraction of sp³-hybridized carbons (Fsp3) is 0.778. The Morgan fingerprint density at radius 3 is 2.21 bits per heavy atom. The van der Waals surface area contributed by atoms with E-state index >= 15 is 0 Å². The molecule has 0 aliphatic heterocycles. The van der Waals surface area contributed by atoms with Gasteiger partial charge in [0.2, 0.25) is 0 Å². The van der Waals surface area contributed by atoms with Crippen molar-refractivity contribution < 1.29 is 5.11 Å². The van der Waals surface area contributed by atoms with Crippen molar-refractivity contribution in [2.24, 2.45) is 14.1 Å². The van der Waals surface area contributed by atoms with E-state index in [1.54, 1.807) is 21.0 Å². The van der Waals surface area contributed by atoms with Crippen LogP contribution in [-0.4, -0.2) is 25.6 Å². The Morgan fingerprint density at radius 1 is 1.43 bits per heavy atom. The first-order valence-electron chi connectivity index (χ1n) is 4.79. The number of aromatic nitrogens is 3. The van der Waals surface area contributed by atoms with Gasteiger partial charge in [-0.25, -0.2) is 9.48 Å². The van der Waals surface area contributed by atoms with Crippen molar-refractivity contribution in [3.8, 4) is 0 Å². The van der Waals surface area contributed by atoms with Gasteiger partial charge in [-0.1, -0.05) is 13.8 Å². The zero-order chi connectivity index (χ0) is 11.3. The molecular weight excluding hydrogens is 182 g/mol. The van der Waals surface area contributed by atoms with Crippen LogP contribution in [0.1, 0.15) is 26.6 Å². The van der Waals surface area contributed by atoms with Crippen LogP contribution < -0.4 is 5.69 Å². The summed E-state index contributed by atoms with van der Waals surface area (Å²) in [4.78, 5) is 11.2. The highest BCUT2D eigenvalue weighted by atomic mass is 16.3. The summed E-state index contributed by atoms with van der Waals surface area (Å²) in [7, 11) is 3.24. The van der Waals surface area contributed by atoms with Gasteiger partial charge in [0.05, 0.1) is 6.10 Å². The second kappa shape index (κ2) is 5.59. The minimum Gasteiger partial charge on any atom is -0.393 e. The molecule has 0 spiro atoms. The molecule has 1 heterocycles. The highest BCUT2D eigenvalue weighted by molar-refractivity contribution is 4.87. The SMILES string of the molecule is CC.CC(O)Cc1nn(C)c(=O)n1C. The first kappa shape index (κ1) is 12.9. The Hall–Kier alpha value is -1.10. The van der Waals surface area contributed by atoms with Crippen molar-refractivity contribution >= 4 is 0 Å². The predicted octanol–water partition coefficient (Wildman–Crippen LogP) is 0.0683. The summed E-state index contributed by atoms with van der Waals surface area (Å²) in [6.45, 7) is 5.67. The van der Waals surface area contributed by atoms with Crippen LogP contribution in [0.4, 0.5) is 0 Å². The van der Waals surface area contributed by atoms with Crippen molar-refractivity contribution in [1.82, 2.24) is 14.3 Å². The lowest BCUT2D eigenvalue weighted by molar-refractivity contribution is 0.191. The maximum absolute atomic E-state index is 11.2. The van der Waals surface area contributed by atoms with Gasteiger partial charge in [-0.3, -0.25) is 4.57 Å². The van der Waals surface area contributed by atoms with E-state index in [9.17, 15) is 4.79 Å². The molecule has 5 nitrogen and oxygen atoms in total. The zero-order valence-corrected chi connectivity index (χ0v) is 9.48. The van der Waals surface area contributed by atoms with Crippen molar-refractivity contribution in [2.75, 3.05) is 0 Å². The first-order valence-corrected chi connectivity index (χ1v) is 4.79. The number of aliphatic hydroxyl groups is 1. The number of rotatable bonds is 2. The van der Waals surface area contributed by atoms with Gasteiger partial charge < -0.3 is 5.11 Å². The number of aliphatic hydroxyl groups excluding tert-OH is 1. The molecule has 1 unspecified atom stereocenters. The summed E-state index contributed by atoms with van der Waals surface area (Å²) in [6.07, 6.45) is -0.0578. The monoisotopic (exact) mass is 201 g/mol. The van der Waals surface area contributed by atoms with Gasteiger partial charge in [-0.2, -0.15) is 5.10 Å². The van der Waals surface area contributed by atoms with Crippen LogP contribution in [0.3, 0.4) is 0 Å². The number of hydrogen-bond donors (Lipinski definition) is 1. The van der Waals surface area contributed by atoms with Crippen LogP contribution in [0, 0.1) is 0 Å². The molecule has 1 aromatic heterocycles. The van der Waals surface area contributed by atoms with Crippen molar-refractivity contribution in [3.63, 3.8) is 0 Å². The molecule has 0 saturated carbocycles. The summed E-state index contributed by atoms with van der Waals surface area (Å²) >= 11 is 0. The maximum atomic E-state index is 11.2. The van der Waals surface area contributed by atoms with Crippen LogP contribution in [-0.2, 0) is 20.5 Å². The number of aryl methyl sites for hydroxylation is 1. The molecular formula is C9H19N3O2. The Morgan fingerprint density at radius 2 is 1.93 bits per heavy atom. The quantitative estimate of drug-likeness (QED) is 0.736. The molecule has 1 aromatic rings. The third kappa shape index (κ3) is 2.99. The van der Waals surface area contributed by atoms with E-state index in [0.717, 1.165) is 0 Å². The van der Waals surface area contributed by atoms with Crippen molar-refractivity contribution in [3.05, 3.63) is 16.3 Å². The van der Waals surface area contributed by atoms with E-state index in [4.69, 9.17) is 5.11 Å². The minimum absolute atomic E-state index is 0.161. The zero-order valence-electron chi connectivity index (χ0n) is 9.48. The molecule has 1 N–H and O–H groups in total. The van der Waals surface area contributed by atoms with Gasteiger partial charge in [0.15, 0.2) is 0 Å². The molecule has 0 bridgehead atoms. The molecule has 0 aliphatic rings. The third-order valence-corrected chi connectivity index (χ3v) is 1.69. The molecule has 0 aromatic carbocycles. The van der Waals surface area contributed by atoms with Crippen LogP contribution in [0.2, 0.25) is 0 Å². The largest absolute Gasteiger partial charge is 0.393 e. The van der Waals surface area contributed by atoms with Crippen LogP contribution in [0.25, 0.3) is 0 Å². The Bertz CT molecular complexity index is 325. The van der Waals surface area contributed by atoms with Crippen LogP contribution in [0.15, 0.2) is 4.79 Å². The van der Waals surface area contributed by atoms with Gasteiger partial charge in [-0.05, 0) is 6.92 Å². The van der Waals surface area contributed by atoms with E-state index in [0.29, 0.717) is 12.2 Å². The Labute approximate surface area is 84.0 Å². The van der Waals surface area contributed by atoms with Crippen molar-refractivity contribution in [1.29, 1.82) is 0 Å². The van der Waals surface area contributed by atoms with E-state index in [1.165, 1.54) is 9.25 Å². The van der Waals surface area contributed by atoms with Gasteiger partial charge in [0, 0.05) is 20.5 Å². The summed E-state index contributed by atoms with van der Waals surface area (Å²) in [5, 5.41) is 13.0. The average molecular weight is 201 g/mol. The Balaban J connectivity index is 0.000000791. The standard InChI is InChI=1S/C7H13N3O2.C2H6/c1-5(11)4-6-8-10(3)7(12)9(6)2;1-2/h5,11H,4H2,1-3H3;1-2H3. The molecule has 0 radical (unpaired) electrons. The third-order valence-electron chi connectivity index (χ3n) is 1.69. The fourth-order valence-electron chi connectivity index (χ4n) is 1.05. The summed E-state index contributed by atoms with van der Waals surface area (Å²) in [6, 6.07) is 0. The van der Waals surface area contributed by atoms with E-state index in [1.807, 2.05) is 13.8 Å². The van der Waals surface area contributed by atoms with Gasteiger partial charge in [0.25, 0.3) is 0 Å². The smallest absolute Gasteiger partial charge is 0.345 e. The molecule has 5 heteroatoms. The van der Waals surface area contributed by atoms with Gasteiger partial charge in [0.1, 0.15) is 5.82 Å². The molecule has 1 rings (SSSR count). The fourth-order valence-corrected chi connectivity index (χ4v) is 1.05. The van der Waals surface area contributed by atoms with Crippen LogP contribution >= 0.6 is 0 Å². The van der Waals surface area contributed by atoms with Crippen molar-refractivity contribution in [2.45, 2.75) is 33.3 Å². The number of nitrogens with zero attached hydrogens (tertiary/aromatic N) is 3. The highest BCUT2D eigenvalue weighted by Crippen LogP contribution is 1.94. The normalized spacial score (nSPS) is 11.9. The summed E-state index contributed by atoms with van der Waals surface area (Å²) in [5.41, 5.74) is -0.161. The minimum atomic E-state index is -0.467.